The van der Waals surface area contributed by atoms with E-state index in [1.54, 1.807) is 7.11 Å². The molecular weight excluding hydrogens is 376 g/mol. The van der Waals surface area contributed by atoms with Gasteiger partial charge in [0, 0.05) is 16.1 Å². The summed E-state index contributed by atoms with van der Waals surface area (Å²) >= 11 is 6.52. The number of nitrogen functional groups attached to an aromatic ring is 1. The number of hydrogen-bond acceptors (Lipinski definition) is 5. The number of fused-ring (bicyclic) bond motifs is 1. The molecule has 2 heterocycles. The van der Waals surface area contributed by atoms with Crippen LogP contribution in [0.25, 0.3) is 15.9 Å². The number of rotatable bonds is 4. The second-order valence-electron chi connectivity index (χ2n) is 7.15. The van der Waals surface area contributed by atoms with Gasteiger partial charge in [-0.15, -0.1) is 0 Å². The Labute approximate surface area is 168 Å². The van der Waals surface area contributed by atoms with Gasteiger partial charge < -0.3 is 10.5 Å². The molecule has 1 unspecified atom stereocenters. The summed E-state index contributed by atoms with van der Waals surface area (Å²) in [5.74, 6) is 1.43. The summed E-state index contributed by atoms with van der Waals surface area (Å²) in [7, 11) is 1.64. The number of benzene rings is 1. The molecule has 0 amide bonds. The van der Waals surface area contributed by atoms with E-state index in [9.17, 15) is 0 Å². The van der Waals surface area contributed by atoms with Gasteiger partial charge in [0.05, 0.1) is 30.8 Å². The van der Waals surface area contributed by atoms with Crippen molar-refractivity contribution in [1.82, 2.24) is 19.7 Å². The molecule has 0 saturated heterocycles. The molecule has 4 rings (SSSR count). The number of ether oxygens (including phenoxy) is 1. The second kappa shape index (κ2) is 6.95. The number of aromatic nitrogens is 4. The average molecular weight is 397 g/mol. The molecule has 1 fully saturated rings. The lowest BCUT2D eigenvalue weighted by Gasteiger charge is -2.31. The Morgan fingerprint density at radius 3 is 2.75 bits per heavy atom. The van der Waals surface area contributed by atoms with Crippen LogP contribution in [0.3, 0.4) is 0 Å². The summed E-state index contributed by atoms with van der Waals surface area (Å²) in [6, 6.07) is 1.60. The fraction of sp³-hybridized carbons (Fsp3) is 0.400. The lowest BCUT2D eigenvalue weighted by Crippen LogP contribution is -2.15. The van der Waals surface area contributed by atoms with Crippen molar-refractivity contribution < 1.29 is 4.74 Å². The highest BCUT2D eigenvalue weighted by atomic mass is 35.5. The lowest BCUT2D eigenvalue weighted by molar-refractivity contribution is 0.366. The lowest BCUT2D eigenvalue weighted by atomic mass is 9.78. The summed E-state index contributed by atoms with van der Waals surface area (Å²) in [5.41, 5.74) is 9.75. The van der Waals surface area contributed by atoms with Crippen LogP contribution < -0.4 is 10.5 Å². The Morgan fingerprint density at radius 2 is 2.14 bits per heavy atom. The SMILES string of the molecule is [C-]#[N+]c1c(Cl)cc(C(C)n2nc(C)c3c(N)ncnc32)c(OC)c1C1CCC1. The van der Waals surface area contributed by atoms with E-state index >= 15 is 0 Å². The zero-order valence-corrected chi connectivity index (χ0v) is 16.8. The van der Waals surface area contributed by atoms with Gasteiger partial charge in [0.15, 0.2) is 5.65 Å². The molecule has 2 N–H and O–H groups in total. The summed E-state index contributed by atoms with van der Waals surface area (Å²) in [5, 5.41) is 5.85. The van der Waals surface area contributed by atoms with Crippen LogP contribution in [0.15, 0.2) is 12.4 Å². The van der Waals surface area contributed by atoms with Gasteiger partial charge in [0.25, 0.3) is 0 Å². The van der Waals surface area contributed by atoms with Crippen LogP contribution in [-0.4, -0.2) is 26.9 Å². The number of methoxy groups -OCH3 is 1. The van der Waals surface area contributed by atoms with Crippen molar-refractivity contribution in [2.75, 3.05) is 12.8 Å². The van der Waals surface area contributed by atoms with Gasteiger partial charge in [-0.25, -0.2) is 19.5 Å². The first kappa shape index (κ1) is 18.5. The van der Waals surface area contributed by atoms with Gasteiger partial charge in [-0.2, -0.15) is 5.10 Å². The van der Waals surface area contributed by atoms with Gasteiger partial charge >= 0.3 is 0 Å². The average Bonchev–Trinajstić information content (AvgIpc) is 2.97. The van der Waals surface area contributed by atoms with Crippen molar-refractivity contribution in [3.63, 3.8) is 0 Å². The summed E-state index contributed by atoms with van der Waals surface area (Å²) in [6.45, 7) is 11.5. The fourth-order valence-electron chi connectivity index (χ4n) is 3.96. The van der Waals surface area contributed by atoms with E-state index in [1.165, 1.54) is 6.33 Å². The molecule has 144 valence electrons. The molecule has 28 heavy (non-hydrogen) atoms. The number of aryl methyl sites for hydroxylation is 1. The van der Waals surface area contributed by atoms with Crippen LogP contribution in [0.2, 0.25) is 5.02 Å². The molecule has 0 radical (unpaired) electrons. The molecule has 0 aliphatic heterocycles. The Morgan fingerprint density at radius 1 is 1.39 bits per heavy atom. The fourth-order valence-corrected chi connectivity index (χ4v) is 4.22. The Hall–Kier alpha value is -2.85. The van der Waals surface area contributed by atoms with Gasteiger partial charge in [0.2, 0.25) is 5.69 Å². The molecule has 2 aromatic heterocycles. The monoisotopic (exact) mass is 396 g/mol. The zero-order chi connectivity index (χ0) is 20.0. The molecular formula is C20H21ClN6O. The Bertz CT molecular complexity index is 1110. The predicted octanol–water partition coefficient (Wildman–Crippen LogP) is 4.81. The number of nitrogens with two attached hydrogens (primary N) is 1. The van der Waals surface area contributed by atoms with E-state index in [0.29, 0.717) is 28.1 Å². The predicted molar refractivity (Wildman–Crippen MR) is 109 cm³/mol. The summed E-state index contributed by atoms with van der Waals surface area (Å²) in [4.78, 5) is 12.2. The van der Waals surface area contributed by atoms with Gasteiger partial charge in [-0.3, -0.25) is 0 Å². The Kier molecular flexibility index (Phi) is 4.60. The van der Waals surface area contributed by atoms with Crippen molar-refractivity contribution in [3.8, 4) is 5.75 Å². The third kappa shape index (κ3) is 2.68. The third-order valence-electron chi connectivity index (χ3n) is 5.61. The van der Waals surface area contributed by atoms with E-state index in [4.69, 9.17) is 28.6 Å². The van der Waals surface area contributed by atoms with Crippen molar-refractivity contribution in [3.05, 3.63) is 45.7 Å². The van der Waals surface area contributed by atoms with Crippen molar-refractivity contribution >= 4 is 34.1 Å². The molecule has 7 nitrogen and oxygen atoms in total. The molecule has 0 spiro atoms. The van der Waals surface area contributed by atoms with Crippen LogP contribution in [0.1, 0.15) is 55.0 Å². The quantitative estimate of drug-likeness (QED) is 0.640. The van der Waals surface area contributed by atoms with E-state index in [1.807, 2.05) is 24.6 Å². The van der Waals surface area contributed by atoms with Gasteiger partial charge in [-0.05, 0) is 38.7 Å². The van der Waals surface area contributed by atoms with E-state index in [0.717, 1.165) is 47.2 Å². The number of anilines is 1. The maximum absolute atomic E-state index is 7.60. The first-order valence-corrected chi connectivity index (χ1v) is 9.58. The standard InChI is InChI=1S/C20H21ClN6O/c1-10-15-19(22)24-9-25-20(15)27(26-10)11(2)13-8-14(21)17(23-3)16(18(13)28-4)12-6-5-7-12/h8-9,11-12H,5-7H2,1-2,4H3,(H2,22,24,25). The molecule has 8 heteroatoms. The Balaban J connectivity index is 1.94. The van der Waals surface area contributed by atoms with Crippen LogP contribution >= 0.6 is 11.6 Å². The summed E-state index contributed by atoms with van der Waals surface area (Å²) in [6.07, 6.45) is 4.68. The van der Waals surface area contributed by atoms with Gasteiger partial charge in [-0.1, -0.05) is 18.0 Å². The van der Waals surface area contributed by atoms with Crippen molar-refractivity contribution in [2.45, 2.75) is 45.1 Å². The van der Waals surface area contributed by atoms with E-state index < -0.39 is 0 Å². The van der Waals surface area contributed by atoms with Gasteiger partial charge in [0.1, 0.15) is 17.9 Å². The molecule has 3 aromatic rings. The highest BCUT2D eigenvalue weighted by molar-refractivity contribution is 6.33. The second-order valence-corrected chi connectivity index (χ2v) is 7.55. The minimum Gasteiger partial charge on any atom is -0.497 e. The van der Waals surface area contributed by atoms with Crippen molar-refractivity contribution in [1.29, 1.82) is 0 Å². The molecule has 1 aromatic carbocycles. The van der Waals surface area contributed by atoms with Crippen molar-refractivity contribution in [2.24, 2.45) is 0 Å². The first-order valence-electron chi connectivity index (χ1n) is 9.20. The van der Waals surface area contributed by atoms with Crippen LogP contribution in [-0.2, 0) is 0 Å². The number of halogens is 1. The highest BCUT2D eigenvalue weighted by Gasteiger charge is 2.31. The minimum absolute atomic E-state index is 0.212. The number of nitrogens with zero attached hydrogens (tertiary/aromatic N) is 5. The zero-order valence-electron chi connectivity index (χ0n) is 16.0. The summed E-state index contributed by atoms with van der Waals surface area (Å²) < 4.78 is 7.63. The highest BCUT2D eigenvalue weighted by Crippen LogP contribution is 2.51. The van der Waals surface area contributed by atoms with E-state index in [-0.39, 0.29) is 6.04 Å². The largest absolute Gasteiger partial charge is 0.497 e. The topological polar surface area (TPSA) is 83.2 Å². The maximum Gasteiger partial charge on any atom is 0.212 e. The van der Waals surface area contributed by atoms with Crippen LogP contribution in [0.4, 0.5) is 11.5 Å². The normalized spacial score (nSPS) is 15.2. The third-order valence-corrected chi connectivity index (χ3v) is 5.90. The molecule has 1 saturated carbocycles. The van der Waals surface area contributed by atoms with Crippen LogP contribution in [0, 0.1) is 13.5 Å². The molecule has 1 aliphatic rings. The molecule has 0 bridgehead atoms. The minimum atomic E-state index is -0.212. The van der Waals surface area contributed by atoms with E-state index in [2.05, 4.69) is 19.9 Å². The number of hydrogen-bond donors (Lipinski definition) is 1. The first-order chi connectivity index (χ1) is 13.5. The maximum atomic E-state index is 7.60. The molecule has 1 aliphatic carbocycles. The van der Waals surface area contributed by atoms with Crippen LogP contribution in [0.5, 0.6) is 5.75 Å². The molecule has 1 atom stereocenters. The smallest absolute Gasteiger partial charge is 0.212 e.